The van der Waals surface area contributed by atoms with Crippen LogP contribution >= 0.6 is 0 Å². The van der Waals surface area contributed by atoms with E-state index in [-0.39, 0.29) is 0 Å². The van der Waals surface area contributed by atoms with E-state index in [1.807, 2.05) is 7.05 Å². The molecule has 0 aliphatic carbocycles. The van der Waals surface area contributed by atoms with Crippen molar-refractivity contribution in [2.75, 3.05) is 7.05 Å². The zero-order valence-corrected chi connectivity index (χ0v) is 17.1. The third kappa shape index (κ3) is 10.7. The maximum atomic E-state index is 6.49. The highest BCUT2D eigenvalue weighted by atomic mass is 14.9. The van der Waals surface area contributed by atoms with Crippen LogP contribution in [0.15, 0.2) is 11.4 Å². The summed E-state index contributed by atoms with van der Waals surface area (Å²) in [5, 5.41) is 3.36. The standard InChI is InChI=1S/C21H44N2/c1-8-10-11-12-13-14-18(16-21(4,5)6)15-19(22)20(23-7)17(3)9-2/h17-18,23H,8-16,22H2,1-7H3/b20-19-. The van der Waals surface area contributed by atoms with Crippen molar-refractivity contribution >= 4 is 0 Å². The molecule has 0 aromatic rings. The van der Waals surface area contributed by atoms with Crippen molar-refractivity contribution in [1.29, 1.82) is 0 Å². The molecule has 0 saturated heterocycles. The van der Waals surface area contributed by atoms with Gasteiger partial charge < -0.3 is 11.1 Å². The van der Waals surface area contributed by atoms with E-state index in [0.29, 0.717) is 17.3 Å². The van der Waals surface area contributed by atoms with Gasteiger partial charge in [0.15, 0.2) is 0 Å². The molecule has 0 bridgehead atoms. The van der Waals surface area contributed by atoms with Crippen LogP contribution in [0.2, 0.25) is 0 Å². The average Bonchev–Trinajstić information content (AvgIpc) is 2.45. The van der Waals surface area contributed by atoms with Crippen molar-refractivity contribution in [3.63, 3.8) is 0 Å². The van der Waals surface area contributed by atoms with E-state index < -0.39 is 0 Å². The molecule has 0 aromatic heterocycles. The number of allylic oxidation sites excluding steroid dienone is 2. The van der Waals surface area contributed by atoms with Gasteiger partial charge in [0, 0.05) is 18.4 Å². The third-order valence-electron chi connectivity index (χ3n) is 4.85. The summed E-state index contributed by atoms with van der Waals surface area (Å²) in [6.45, 7) is 13.8. The summed E-state index contributed by atoms with van der Waals surface area (Å²) in [5.74, 6) is 1.24. The van der Waals surface area contributed by atoms with Crippen LogP contribution in [0.3, 0.4) is 0 Å². The molecule has 0 spiro atoms. The van der Waals surface area contributed by atoms with Crippen molar-refractivity contribution in [1.82, 2.24) is 5.32 Å². The number of nitrogens with two attached hydrogens (primary N) is 1. The fraction of sp³-hybridized carbons (Fsp3) is 0.905. The van der Waals surface area contributed by atoms with Gasteiger partial charge in [0.2, 0.25) is 0 Å². The normalized spacial score (nSPS) is 16.0. The van der Waals surface area contributed by atoms with E-state index in [9.17, 15) is 0 Å². The molecule has 0 aliphatic rings. The van der Waals surface area contributed by atoms with Gasteiger partial charge in [-0.3, -0.25) is 0 Å². The topological polar surface area (TPSA) is 38.0 Å². The molecule has 0 heterocycles. The van der Waals surface area contributed by atoms with Gasteiger partial charge in [-0.15, -0.1) is 0 Å². The Bertz CT molecular complexity index is 325. The average molecular weight is 325 g/mol. The van der Waals surface area contributed by atoms with Gasteiger partial charge in [-0.1, -0.05) is 80.1 Å². The molecule has 0 aliphatic heterocycles. The van der Waals surface area contributed by atoms with Crippen LogP contribution in [0.1, 0.15) is 99.3 Å². The second kappa shape index (κ2) is 11.8. The predicted molar refractivity (Wildman–Crippen MR) is 105 cm³/mol. The number of hydrogen-bond donors (Lipinski definition) is 2. The Morgan fingerprint density at radius 3 is 2.13 bits per heavy atom. The molecule has 0 rings (SSSR count). The maximum absolute atomic E-state index is 6.49. The van der Waals surface area contributed by atoms with Gasteiger partial charge in [-0.25, -0.2) is 0 Å². The van der Waals surface area contributed by atoms with E-state index in [2.05, 4.69) is 46.9 Å². The van der Waals surface area contributed by atoms with Gasteiger partial charge in [0.05, 0.1) is 0 Å². The number of hydrogen-bond acceptors (Lipinski definition) is 2. The lowest BCUT2D eigenvalue weighted by Gasteiger charge is -2.28. The molecular formula is C21H44N2. The second-order valence-corrected chi connectivity index (χ2v) is 8.54. The summed E-state index contributed by atoms with van der Waals surface area (Å²) in [6.07, 6.45) is 11.6. The maximum Gasteiger partial charge on any atom is 0.0323 e. The molecule has 0 saturated carbocycles. The van der Waals surface area contributed by atoms with E-state index >= 15 is 0 Å². The number of nitrogens with one attached hydrogen (secondary N) is 1. The Kier molecular flexibility index (Phi) is 11.5. The molecule has 0 amide bonds. The lowest BCUT2D eigenvalue weighted by atomic mass is 9.80. The highest BCUT2D eigenvalue weighted by Gasteiger charge is 2.21. The first-order valence-electron chi connectivity index (χ1n) is 9.91. The minimum Gasteiger partial charge on any atom is -0.401 e. The summed E-state index contributed by atoms with van der Waals surface area (Å²) in [7, 11) is 2.01. The van der Waals surface area contributed by atoms with Gasteiger partial charge in [-0.05, 0) is 36.5 Å². The Morgan fingerprint density at radius 2 is 1.65 bits per heavy atom. The zero-order chi connectivity index (χ0) is 17.9. The Labute approximate surface area is 146 Å². The zero-order valence-electron chi connectivity index (χ0n) is 17.1. The van der Waals surface area contributed by atoms with Crippen molar-refractivity contribution in [2.24, 2.45) is 23.0 Å². The minimum atomic E-state index is 0.380. The molecule has 2 atom stereocenters. The highest BCUT2D eigenvalue weighted by Crippen LogP contribution is 2.32. The summed E-state index contributed by atoms with van der Waals surface area (Å²) in [4.78, 5) is 0. The largest absolute Gasteiger partial charge is 0.401 e. The molecule has 0 radical (unpaired) electrons. The van der Waals surface area contributed by atoms with Gasteiger partial charge in [0.1, 0.15) is 0 Å². The Balaban J connectivity index is 4.75. The molecule has 2 unspecified atom stereocenters. The summed E-state index contributed by atoms with van der Waals surface area (Å²) in [5.41, 5.74) is 9.22. The molecule has 2 heteroatoms. The Morgan fingerprint density at radius 1 is 1.04 bits per heavy atom. The SMILES string of the molecule is CCCCCCCC(C/C(N)=C(/NC)C(C)CC)CC(C)(C)C. The van der Waals surface area contributed by atoms with E-state index in [4.69, 9.17) is 5.73 Å². The van der Waals surface area contributed by atoms with Crippen LogP contribution in [-0.2, 0) is 0 Å². The van der Waals surface area contributed by atoms with Gasteiger partial charge in [0.25, 0.3) is 0 Å². The fourth-order valence-electron chi connectivity index (χ4n) is 3.53. The lowest BCUT2D eigenvalue weighted by molar-refractivity contribution is 0.273. The molecule has 23 heavy (non-hydrogen) atoms. The van der Waals surface area contributed by atoms with Crippen LogP contribution in [0.4, 0.5) is 0 Å². The molecule has 0 fully saturated rings. The first-order chi connectivity index (χ1) is 10.7. The fourth-order valence-corrected chi connectivity index (χ4v) is 3.53. The first-order valence-corrected chi connectivity index (χ1v) is 9.91. The van der Waals surface area contributed by atoms with Crippen LogP contribution < -0.4 is 11.1 Å². The van der Waals surface area contributed by atoms with Crippen molar-refractivity contribution < 1.29 is 0 Å². The molecule has 3 N–H and O–H groups in total. The Hall–Kier alpha value is -0.660. The monoisotopic (exact) mass is 324 g/mol. The van der Waals surface area contributed by atoms with Crippen molar-refractivity contribution in [3.8, 4) is 0 Å². The molecule has 2 nitrogen and oxygen atoms in total. The summed E-state index contributed by atoms with van der Waals surface area (Å²) >= 11 is 0. The third-order valence-corrected chi connectivity index (χ3v) is 4.85. The minimum absolute atomic E-state index is 0.380. The van der Waals surface area contributed by atoms with Crippen molar-refractivity contribution in [2.45, 2.75) is 99.3 Å². The number of unbranched alkanes of at least 4 members (excludes halogenated alkanes) is 4. The smallest absolute Gasteiger partial charge is 0.0323 e. The van der Waals surface area contributed by atoms with Crippen molar-refractivity contribution in [3.05, 3.63) is 11.4 Å². The second-order valence-electron chi connectivity index (χ2n) is 8.54. The summed E-state index contributed by atoms with van der Waals surface area (Å²) < 4.78 is 0. The van der Waals surface area contributed by atoms with E-state index in [0.717, 1.165) is 18.5 Å². The molecule has 138 valence electrons. The predicted octanol–water partition coefficient (Wildman–Crippen LogP) is 6.23. The van der Waals surface area contributed by atoms with Gasteiger partial charge in [-0.2, -0.15) is 0 Å². The quantitative estimate of drug-likeness (QED) is 0.418. The van der Waals surface area contributed by atoms with Crippen LogP contribution in [0.5, 0.6) is 0 Å². The van der Waals surface area contributed by atoms with Gasteiger partial charge >= 0.3 is 0 Å². The number of rotatable bonds is 12. The van der Waals surface area contributed by atoms with Crippen LogP contribution in [0.25, 0.3) is 0 Å². The summed E-state index contributed by atoms with van der Waals surface area (Å²) in [6, 6.07) is 0. The molecule has 0 aromatic carbocycles. The lowest BCUT2D eigenvalue weighted by Crippen LogP contribution is -2.23. The molecular weight excluding hydrogens is 280 g/mol. The first kappa shape index (κ1) is 22.3. The highest BCUT2D eigenvalue weighted by molar-refractivity contribution is 5.12. The van der Waals surface area contributed by atoms with E-state index in [1.165, 1.54) is 50.6 Å². The van der Waals surface area contributed by atoms with E-state index in [1.54, 1.807) is 0 Å². The van der Waals surface area contributed by atoms with Crippen LogP contribution in [0, 0.1) is 17.3 Å². The van der Waals surface area contributed by atoms with Crippen LogP contribution in [-0.4, -0.2) is 7.05 Å².